The summed E-state index contributed by atoms with van der Waals surface area (Å²) in [4.78, 5) is 12.8. The number of carbonyl (C=O) groups excluding carboxylic acids is 1. The summed E-state index contributed by atoms with van der Waals surface area (Å²) in [6.07, 6.45) is 4.48. The molecule has 0 bridgehead atoms. The number of hydrogen-bond donors (Lipinski definition) is 2. The van der Waals surface area contributed by atoms with Gasteiger partial charge in [0.1, 0.15) is 0 Å². The Labute approximate surface area is 167 Å². The molecular formula is C18H21N5O3S2. The molecule has 0 unspecified atom stereocenters. The van der Waals surface area contributed by atoms with E-state index in [9.17, 15) is 13.2 Å². The first-order valence-electron chi connectivity index (χ1n) is 8.54. The fraction of sp³-hybridized carbons (Fsp3) is 0.278. The van der Waals surface area contributed by atoms with Crippen molar-refractivity contribution < 1.29 is 13.2 Å². The number of nitrogens with zero attached hydrogens (tertiary/aromatic N) is 3. The van der Waals surface area contributed by atoms with Gasteiger partial charge in [-0.3, -0.25) is 9.20 Å². The SMILES string of the molecule is CSCC[C@@H](NC(=O)c1ccc(C)c(S(N)(=O)=O)c1)c1nnc2ccccn12. The maximum absolute atomic E-state index is 12.8. The fourth-order valence-electron chi connectivity index (χ4n) is 2.89. The summed E-state index contributed by atoms with van der Waals surface area (Å²) in [6.45, 7) is 1.63. The van der Waals surface area contributed by atoms with Crippen LogP contribution < -0.4 is 10.5 Å². The first-order valence-corrected chi connectivity index (χ1v) is 11.5. The van der Waals surface area contributed by atoms with Crippen LogP contribution in [0.5, 0.6) is 0 Å². The average molecular weight is 420 g/mol. The number of aromatic nitrogens is 3. The van der Waals surface area contributed by atoms with Gasteiger partial charge in [0.25, 0.3) is 5.91 Å². The quantitative estimate of drug-likeness (QED) is 0.604. The summed E-state index contributed by atoms with van der Waals surface area (Å²) in [5.41, 5.74) is 1.40. The van der Waals surface area contributed by atoms with Crippen LogP contribution in [0.3, 0.4) is 0 Å². The van der Waals surface area contributed by atoms with Crippen LogP contribution in [-0.2, 0) is 10.0 Å². The van der Waals surface area contributed by atoms with E-state index in [1.807, 2.05) is 35.1 Å². The van der Waals surface area contributed by atoms with Crippen molar-refractivity contribution in [1.82, 2.24) is 19.9 Å². The van der Waals surface area contributed by atoms with Crippen LogP contribution in [0.1, 0.15) is 34.2 Å². The lowest BCUT2D eigenvalue weighted by Gasteiger charge is -2.17. The minimum Gasteiger partial charge on any atom is -0.342 e. The molecule has 0 saturated heterocycles. The Hall–Kier alpha value is -2.43. The number of sulfonamides is 1. The molecule has 3 N–H and O–H groups in total. The van der Waals surface area contributed by atoms with Gasteiger partial charge in [0.05, 0.1) is 10.9 Å². The second kappa shape index (κ2) is 8.29. The number of benzene rings is 1. The number of rotatable bonds is 7. The summed E-state index contributed by atoms with van der Waals surface area (Å²) >= 11 is 1.66. The Balaban J connectivity index is 1.92. The predicted octanol–water partition coefficient (Wildman–Crippen LogP) is 1.91. The maximum Gasteiger partial charge on any atom is 0.251 e. The van der Waals surface area contributed by atoms with Crippen LogP contribution in [0.2, 0.25) is 0 Å². The van der Waals surface area contributed by atoms with E-state index in [-0.39, 0.29) is 16.5 Å². The lowest BCUT2D eigenvalue weighted by atomic mass is 10.1. The number of pyridine rings is 1. The summed E-state index contributed by atoms with van der Waals surface area (Å²) in [7, 11) is -3.91. The molecule has 3 aromatic rings. The van der Waals surface area contributed by atoms with Gasteiger partial charge in [-0.2, -0.15) is 11.8 Å². The lowest BCUT2D eigenvalue weighted by molar-refractivity contribution is 0.0933. The van der Waals surface area contributed by atoms with Crippen LogP contribution in [0.25, 0.3) is 5.65 Å². The molecule has 0 aliphatic carbocycles. The first kappa shape index (κ1) is 20.3. The van der Waals surface area contributed by atoms with E-state index in [4.69, 9.17) is 5.14 Å². The molecule has 0 aliphatic rings. The van der Waals surface area contributed by atoms with Gasteiger partial charge in [-0.1, -0.05) is 12.1 Å². The molecule has 3 rings (SSSR count). The summed E-state index contributed by atoms with van der Waals surface area (Å²) in [6, 6.07) is 9.63. The van der Waals surface area contributed by atoms with Crippen LogP contribution >= 0.6 is 11.8 Å². The van der Waals surface area contributed by atoms with Crippen LogP contribution in [0, 0.1) is 6.92 Å². The molecule has 0 spiro atoms. The Morgan fingerprint density at radius 1 is 1.29 bits per heavy atom. The fourth-order valence-corrected chi connectivity index (χ4v) is 4.17. The topological polar surface area (TPSA) is 119 Å². The number of primary sulfonamides is 1. The van der Waals surface area contributed by atoms with Crippen LogP contribution in [0.4, 0.5) is 0 Å². The largest absolute Gasteiger partial charge is 0.342 e. The van der Waals surface area contributed by atoms with Crippen molar-refractivity contribution >= 4 is 33.3 Å². The van der Waals surface area contributed by atoms with Crippen molar-refractivity contribution in [3.05, 3.63) is 59.5 Å². The molecular weight excluding hydrogens is 398 g/mol. The van der Waals surface area contributed by atoms with Crippen LogP contribution in [0.15, 0.2) is 47.5 Å². The van der Waals surface area contributed by atoms with E-state index in [1.165, 1.54) is 6.07 Å². The van der Waals surface area contributed by atoms with Crippen molar-refractivity contribution in [3.63, 3.8) is 0 Å². The molecule has 2 heterocycles. The number of nitrogens with one attached hydrogen (secondary N) is 1. The zero-order valence-electron chi connectivity index (χ0n) is 15.5. The molecule has 1 atom stereocenters. The number of thioether (sulfide) groups is 1. The van der Waals surface area contributed by atoms with Crippen molar-refractivity contribution in [2.75, 3.05) is 12.0 Å². The standard InChI is InChI=1S/C18H21N5O3S2/c1-12-6-7-13(11-15(12)28(19,25)26)18(24)20-14(8-10-27-2)17-22-21-16-5-3-4-9-23(16)17/h3-7,9,11,14H,8,10H2,1-2H3,(H,20,24)(H2,19,25,26)/t14-/m1/s1. The molecule has 8 nitrogen and oxygen atoms in total. The second-order valence-electron chi connectivity index (χ2n) is 6.32. The van der Waals surface area contributed by atoms with E-state index >= 15 is 0 Å². The summed E-state index contributed by atoms with van der Waals surface area (Å²) < 4.78 is 25.3. The molecule has 1 aromatic carbocycles. The Kier molecular flexibility index (Phi) is 6.01. The van der Waals surface area contributed by atoms with Gasteiger partial charge in [-0.15, -0.1) is 10.2 Å². The van der Waals surface area contributed by atoms with E-state index in [1.54, 1.807) is 30.8 Å². The average Bonchev–Trinajstić information content (AvgIpc) is 3.08. The monoisotopic (exact) mass is 419 g/mol. The third-order valence-corrected chi connectivity index (χ3v) is 6.02. The van der Waals surface area contributed by atoms with E-state index in [2.05, 4.69) is 15.5 Å². The Bertz CT molecular complexity index is 1110. The molecule has 0 saturated carbocycles. The zero-order chi connectivity index (χ0) is 20.3. The molecule has 0 aliphatic heterocycles. The minimum absolute atomic E-state index is 0.0614. The molecule has 2 aromatic heterocycles. The van der Waals surface area contributed by atoms with E-state index in [0.29, 0.717) is 23.5 Å². The number of carbonyl (C=O) groups is 1. The van der Waals surface area contributed by atoms with Crippen molar-refractivity contribution in [3.8, 4) is 0 Å². The van der Waals surface area contributed by atoms with E-state index < -0.39 is 15.9 Å². The smallest absolute Gasteiger partial charge is 0.251 e. The first-order chi connectivity index (χ1) is 13.3. The van der Waals surface area contributed by atoms with Crippen molar-refractivity contribution in [2.24, 2.45) is 5.14 Å². The predicted molar refractivity (Wildman–Crippen MR) is 109 cm³/mol. The summed E-state index contributed by atoms with van der Waals surface area (Å²) in [5, 5.41) is 16.6. The second-order valence-corrected chi connectivity index (χ2v) is 8.84. The molecule has 1 amide bonds. The highest BCUT2D eigenvalue weighted by Gasteiger charge is 2.22. The molecule has 148 valence electrons. The van der Waals surface area contributed by atoms with Gasteiger partial charge < -0.3 is 5.32 Å². The van der Waals surface area contributed by atoms with E-state index in [0.717, 1.165) is 5.75 Å². The number of amides is 1. The molecule has 28 heavy (non-hydrogen) atoms. The lowest BCUT2D eigenvalue weighted by Crippen LogP contribution is -2.30. The van der Waals surface area contributed by atoms with Crippen molar-refractivity contribution in [2.45, 2.75) is 24.3 Å². The number of nitrogens with two attached hydrogens (primary N) is 1. The maximum atomic E-state index is 12.8. The minimum atomic E-state index is -3.91. The van der Waals surface area contributed by atoms with Crippen LogP contribution in [-0.4, -0.2) is 40.9 Å². The highest BCUT2D eigenvalue weighted by atomic mass is 32.2. The third-order valence-electron chi connectivity index (χ3n) is 4.32. The highest BCUT2D eigenvalue weighted by Crippen LogP contribution is 2.20. The zero-order valence-corrected chi connectivity index (χ0v) is 17.1. The molecule has 10 heteroatoms. The Morgan fingerprint density at radius 3 is 2.79 bits per heavy atom. The van der Waals surface area contributed by atoms with Crippen molar-refractivity contribution in [1.29, 1.82) is 0 Å². The van der Waals surface area contributed by atoms with Gasteiger partial charge >= 0.3 is 0 Å². The van der Waals surface area contributed by atoms with Gasteiger partial charge in [0.2, 0.25) is 10.0 Å². The molecule has 0 fully saturated rings. The Morgan fingerprint density at radius 2 is 2.07 bits per heavy atom. The number of hydrogen-bond acceptors (Lipinski definition) is 6. The normalized spacial score (nSPS) is 12.8. The number of aryl methyl sites for hydroxylation is 1. The van der Waals surface area contributed by atoms with Gasteiger partial charge in [0, 0.05) is 11.8 Å². The van der Waals surface area contributed by atoms with Gasteiger partial charge in [-0.25, -0.2) is 13.6 Å². The van der Waals surface area contributed by atoms with Gasteiger partial charge in [0.15, 0.2) is 11.5 Å². The molecule has 0 radical (unpaired) electrons. The summed E-state index contributed by atoms with van der Waals surface area (Å²) in [5.74, 6) is 1.03. The third kappa shape index (κ3) is 4.34. The van der Waals surface area contributed by atoms with Gasteiger partial charge in [-0.05, 0) is 55.2 Å². The highest BCUT2D eigenvalue weighted by molar-refractivity contribution is 7.98. The number of fused-ring (bicyclic) bond motifs is 1.